The lowest BCUT2D eigenvalue weighted by Crippen LogP contribution is -2.34. The largest absolute Gasteiger partial charge is 0.486 e. The van der Waals surface area contributed by atoms with Crippen LogP contribution in [-0.4, -0.2) is 39.3 Å². The Kier molecular flexibility index (Phi) is 6.35. The van der Waals surface area contributed by atoms with E-state index in [2.05, 4.69) is 10.2 Å². The Bertz CT molecular complexity index is 759. The van der Waals surface area contributed by atoms with Crippen molar-refractivity contribution in [2.75, 3.05) is 18.1 Å². The first kappa shape index (κ1) is 19.9. The molecule has 2 aromatic rings. The second-order valence-corrected chi connectivity index (χ2v) is 6.50. The molecule has 0 aliphatic rings. The number of ether oxygens (including phenoxy) is 1. The summed E-state index contributed by atoms with van der Waals surface area (Å²) in [5.74, 6) is 5.78. The highest BCUT2D eigenvalue weighted by Crippen LogP contribution is 2.19. The number of hydrogen-bond acceptors (Lipinski definition) is 6. The third-order valence-corrected chi connectivity index (χ3v) is 4.06. The number of nitrogens with two attached hydrogens (primary N) is 1. The number of hydrogen-bond donors (Lipinski definition) is 2. The quantitative estimate of drug-likeness (QED) is 0.555. The maximum atomic E-state index is 12.0. The van der Waals surface area contributed by atoms with Crippen molar-refractivity contribution < 1.29 is 22.7 Å². The molecule has 3 N–H and O–H groups in total. The minimum atomic E-state index is -4.45. The van der Waals surface area contributed by atoms with Gasteiger partial charge in [0.05, 0.1) is 5.75 Å². The molecule has 0 unspecified atom stereocenters. The van der Waals surface area contributed by atoms with E-state index >= 15 is 0 Å². The lowest BCUT2D eigenvalue weighted by Gasteiger charge is -2.09. The number of nitrogens with zero attached hydrogens (tertiary/aromatic N) is 3. The summed E-state index contributed by atoms with van der Waals surface area (Å²) in [6, 6.07) is 5.74. The van der Waals surface area contributed by atoms with Gasteiger partial charge in [-0.25, -0.2) is 4.68 Å². The van der Waals surface area contributed by atoms with E-state index in [0.717, 1.165) is 27.6 Å². The van der Waals surface area contributed by atoms with Crippen LogP contribution in [0.5, 0.6) is 5.75 Å². The van der Waals surface area contributed by atoms with Crippen molar-refractivity contribution in [1.29, 1.82) is 0 Å². The van der Waals surface area contributed by atoms with Gasteiger partial charge in [0.1, 0.15) is 18.9 Å². The molecule has 7 nitrogen and oxygen atoms in total. The van der Waals surface area contributed by atoms with Gasteiger partial charge in [0.15, 0.2) is 5.82 Å². The summed E-state index contributed by atoms with van der Waals surface area (Å²) in [6.45, 7) is 2.58. The first-order chi connectivity index (χ1) is 12.1. The van der Waals surface area contributed by atoms with Crippen LogP contribution in [0, 0.1) is 13.8 Å². The predicted octanol–water partition coefficient (Wildman–Crippen LogP) is 1.96. The number of alkyl halides is 3. The summed E-state index contributed by atoms with van der Waals surface area (Å²) in [7, 11) is 0. The van der Waals surface area contributed by atoms with Gasteiger partial charge in [0, 0.05) is 0 Å². The van der Waals surface area contributed by atoms with Crippen molar-refractivity contribution in [3.8, 4) is 5.75 Å². The van der Waals surface area contributed by atoms with Crippen LogP contribution >= 0.6 is 11.8 Å². The van der Waals surface area contributed by atoms with Crippen LogP contribution in [-0.2, 0) is 11.4 Å². The van der Waals surface area contributed by atoms with Gasteiger partial charge in [0.2, 0.25) is 11.1 Å². The van der Waals surface area contributed by atoms with Crippen LogP contribution in [0.25, 0.3) is 0 Å². The van der Waals surface area contributed by atoms with E-state index in [-0.39, 0.29) is 17.5 Å². The Hall–Kier alpha value is -2.43. The monoisotopic (exact) mass is 389 g/mol. The van der Waals surface area contributed by atoms with Crippen molar-refractivity contribution in [2.24, 2.45) is 0 Å². The number of amides is 1. The number of benzene rings is 1. The van der Waals surface area contributed by atoms with Crippen LogP contribution in [0.4, 0.5) is 13.2 Å². The molecule has 1 heterocycles. The molecule has 0 fully saturated rings. The lowest BCUT2D eigenvalue weighted by atomic mass is 10.1. The smallest absolute Gasteiger partial charge is 0.405 e. The van der Waals surface area contributed by atoms with Crippen LogP contribution in [0.1, 0.15) is 17.0 Å². The highest BCUT2D eigenvalue weighted by atomic mass is 32.2. The Morgan fingerprint density at radius 2 is 1.92 bits per heavy atom. The Labute approximate surface area is 152 Å². The normalized spacial score (nSPS) is 11.4. The summed E-state index contributed by atoms with van der Waals surface area (Å²) in [5.41, 5.74) is 2.10. The van der Waals surface area contributed by atoms with E-state index in [1.807, 2.05) is 32.0 Å². The number of rotatable bonds is 7. The van der Waals surface area contributed by atoms with Crippen molar-refractivity contribution in [1.82, 2.24) is 20.2 Å². The van der Waals surface area contributed by atoms with Gasteiger partial charge in [-0.1, -0.05) is 17.8 Å². The van der Waals surface area contributed by atoms with Crippen LogP contribution in [0.3, 0.4) is 0 Å². The van der Waals surface area contributed by atoms with E-state index in [9.17, 15) is 18.0 Å². The summed E-state index contributed by atoms with van der Waals surface area (Å²) in [6.07, 6.45) is -4.45. The number of aryl methyl sites for hydroxylation is 2. The SMILES string of the molecule is Cc1cc(C)cc(OCc2nnc(SCC(=O)NCC(F)(F)F)n2N)c1. The lowest BCUT2D eigenvalue weighted by molar-refractivity contribution is -0.136. The van der Waals surface area contributed by atoms with E-state index in [0.29, 0.717) is 11.6 Å². The fourth-order valence-corrected chi connectivity index (χ4v) is 2.75. The zero-order chi connectivity index (χ0) is 19.3. The predicted molar refractivity (Wildman–Crippen MR) is 90.2 cm³/mol. The Morgan fingerprint density at radius 1 is 1.27 bits per heavy atom. The first-order valence-corrected chi connectivity index (χ1v) is 8.49. The third kappa shape index (κ3) is 6.14. The molecule has 11 heteroatoms. The maximum Gasteiger partial charge on any atom is 0.405 e. The Balaban J connectivity index is 1.88. The van der Waals surface area contributed by atoms with Crippen molar-refractivity contribution in [3.05, 3.63) is 35.2 Å². The molecule has 0 radical (unpaired) electrons. The molecule has 0 atom stereocenters. The van der Waals surface area contributed by atoms with E-state index in [1.165, 1.54) is 0 Å². The number of nitrogen functional groups attached to an aromatic ring is 1. The van der Waals surface area contributed by atoms with Crippen LogP contribution in [0.2, 0.25) is 0 Å². The molecule has 1 aromatic carbocycles. The molecule has 26 heavy (non-hydrogen) atoms. The van der Waals surface area contributed by atoms with Crippen molar-refractivity contribution in [3.63, 3.8) is 0 Å². The molecule has 0 saturated carbocycles. The van der Waals surface area contributed by atoms with Gasteiger partial charge < -0.3 is 15.9 Å². The highest BCUT2D eigenvalue weighted by Gasteiger charge is 2.27. The fourth-order valence-electron chi connectivity index (χ4n) is 2.05. The minimum absolute atomic E-state index is 0.0627. The van der Waals surface area contributed by atoms with Crippen molar-refractivity contribution >= 4 is 17.7 Å². The highest BCUT2D eigenvalue weighted by molar-refractivity contribution is 7.99. The average molecular weight is 389 g/mol. The molecule has 2 rings (SSSR count). The van der Waals surface area contributed by atoms with Gasteiger partial charge in [0.25, 0.3) is 0 Å². The van der Waals surface area contributed by atoms with E-state index in [4.69, 9.17) is 10.6 Å². The summed E-state index contributed by atoms with van der Waals surface area (Å²) >= 11 is 0.883. The maximum absolute atomic E-state index is 12.0. The van der Waals surface area contributed by atoms with E-state index in [1.54, 1.807) is 5.32 Å². The third-order valence-electron chi connectivity index (χ3n) is 3.12. The second kappa shape index (κ2) is 8.30. The van der Waals surface area contributed by atoms with Crippen LogP contribution in [0.15, 0.2) is 23.4 Å². The summed E-state index contributed by atoms with van der Waals surface area (Å²) in [5, 5.41) is 9.65. The fraction of sp³-hybridized carbons (Fsp3) is 0.400. The molecule has 0 aliphatic carbocycles. The molecule has 142 valence electrons. The number of carbonyl (C=O) groups excluding carboxylic acids is 1. The number of halogens is 3. The summed E-state index contributed by atoms with van der Waals surface area (Å²) in [4.78, 5) is 11.4. The minimum Gasteiger partial charge on any atom is -0.486 e. The second-order valence-electron chi connectivity index (χ2n) is 5.56. The molecular weight excluding hydrogens is 371 g/mol. The number of aromatic nitrogens is 3. The zero-order valence-corrected chi connectivity index (χ0v) is 14.9. The van der Waals surface area contributed by atoms with Gasteiger partial charge >= 0.3 is 6.18 Å². The standard InChI is InChI=1S/C15H18F3N5O2S/c1-9-3-10(2)5-11(4-9)25-6-12-21-22-14(23(12)19)26-7-13(24)20-8-15(16,17)18/h3-5H,6-8,19H2,1-2H3,(H,20,24). The number of carbonyl (C=O) groups is 1. The molecule has 1 aromatic heterocycles. The molecule has 0 bridgehead atoms. The number of thioether (sulfide) groups is 1. The number of nitrogens with one attached hydrogen (secondary N) is 1. The molecule has 0 aliphatic heterocycles. The van der Waals surface area contributed by atoms with Crippen LogP contribution < -0.4 is 15.9 Å². The topological polar surface area (TPSA) is 95.1 Å². The van der Waals surface area contributed by atoms with Gasteiger partial charge in [-0.05, 0) is 37.1 Å². The summed E-state index contributed by atoms with van der Waals surface area (Å²) < 4.78 is 42.9. The van der Waals surface area contributed by atoms with Gasteiger partial charge in [-0.3, -0.25) is 4.79 Å². The van der Waals surface area contributed by atoms with E-state index < -0.39 is 18.6 Å². The molecular formula is C15H18F3N5O2S. The average Bonchev–Trinajstić information content (AvgIpc) is 2.87. The molecule has 0 saturated heterocycles. The van der Waals surface area contributed by atoms with Gasteiger partial charge in [-0.2, -0.15) is 13.2 Å². The zero-order valence-electron chi connectivity index (χ0n) is 14.1. The molecule has 0 spiro atoms. The first-order valence-electron chi connectivity index (χ1n) is 7.51. The van der Waals surface area contributed by atoms with Crippen molar-refractivity contribution in [2.45, 2.75) is 31.8 Å². The Morgan fingerprint density at radius 3 is 2.54 bits per heavy atom. The molecule has 1 amide bonds. The van der Waals surface area contributed by atoms with Gasteiger partial charge in [-0.15, -0.1) is 10.2 Å².